The topological polar surface area (TPSA) is 74.2 Å². The highest BCUT2D eigenvalue weighted by Crippen LogP contribution is 2.26. The van der Waals surface area contributed by atoms with Crippen molar-refractivity contribution < 1.29 is 9.53 Å². The lowest BCUT2D eigenvalue weighted by Crippen LogP contribution is -2.41. The zero-order valence-corrected chi connectivity index (χ0v) is 14.0. The third-order valence-corrected chi connectivity index (χ3v) is 4.33. The Kier molecular flexibility index (Phi) is 6.00. The fourth-order valence-electron chi connectivity index (χ4n) is 3.01. The second-order valence-corrected chi connectivity index (χ2v) is 6.44. The predicted octanol–water partition coefficient (Wildman–Crippen LogP) is 2.98. The number of hydrogen-bond donors (Lipinski definition) is 2. The maximum Gasteiger partial charge on any atom is 0.315 e. The second kappa shape index (κ2) is 7.98. The molecule has 0 spiro atoms. The fraction of sp³-hybridized carbons (Fsp3) is 0.556. The molecular weight excluding hydrogens is 290 g/mol. The molecule has 1 saturated heterocycles. The van der Waals surface area contributed by atoms with Crippen molar-refractivity contribution in [2.24, 2.45) is 11.8 Å². The van der Waals surface area contributed by atoms with E-state index in [-0.39, 0.29) is 18.2 Å². The van der Waals surface area contributed by atoms with Gasteiger partial charge in [0.1, 0.15) is 0 Å². The molecule has 2 rings (SSSR count). The SMILES string of the molecule is CC(C)[C@H]1OCC[C@@H]1CNC(=O)N[C@@H](C)c1ccc(C#N)cc1. The zero-order valence-electron chi connectivity index (χ0n) is 14.0. The number of ether oxygens (including phenoxy) is 1. The van der Waals surface area contributed by atoms with Crippen LogP contribution >= 0.6 is 0 Å². The van der Waals surface area contributed by atoms with Crippen molar-refractivity contribution in [3.63, 3.8) is 0 Å². The highest BCUT2D eigenvalue weighted by atomic mass is 16.5. The number of nitriles is 1. The van der Waals surface area contributed by atoms with Gasteiger partial charge in [-0.05, 0) is 37.0 Å². The molecule has 2 amide bonds. The van der Waals surface area contributed by atoms with Crippen LogP contribution in [0.15, 0.2) is 24.3 Å². The standard InChI is InChI=1S/C18H25N3O2/c1-12(2)17-16(8-9-23-17)11-20-18(22)21-13(3)15-6-4-14(10-19)5-7-15/h4-7,12-13,16-17H,8-9,11H2,1-3H3,(H2,20,21,22)/t13-,16+,17+/m0/s1. The van der Waals surface area contributed by atoms with Crippen LogP contribution in [-0.2, 0) is 4.74 Å². The van der Waals surface area contributed by atoms with Gasteiger partial charge in [-0.1, -0.05) is 26.0 Å². The van der Waals surface area contributed by atoms with Gasteiger partial charge < -0.3 is 15.4 Å². The van der Waals surface area contributed by atoms with Gasteiger partial charge in [-0.3, -0.25) is 0 Å². The molecule has 0 aliphatic carbocycles. The van der Waals surface area contributed by atoms with E-state index in [1.54, 1.807) is 12.1 Å². The Morgan fingerprint density at radius 2 is 2.04 bits per heavy atom. The van der Waals surface area contributed by atoms with Crippen LogP contribution in [0.3, 0.4) is 0 Å². The van der Waals surface area contributed by atoms with E-state index >= 15 is 0 Å². The Hall–Kier alpha value is -2.06. The number of nitrogens with one attached hydrogen (secondary N) is 2. The van der Waals surface area contributed by atoms with Gasteiger partial charge in [0.2, 0.25) is 0 Å². The number of rotatable bonds is 5. The number of carbonyl (C=O) groups is 1. The Morgan fingerprint density at radius 1 is 1.35 bits per heavy atom. The first-order chi connectivity index (χ1) is 11.0. The molecule has 3 atom stereocenters. The summed E-state index contributed by atoms with van der Waals surface area (Å²) in [7, 11) is 0. The first kappa shape index (κ1) is 17.3. The third-order valence-electron chi connectivity index (χ3n) is 4.33. The molecule has 0 saturated carbocycles. The molecule has 0 radical (unpaired) electrons. The van der Waals surface area contributed by atoms with Crippen LogP contribution in [0.5, 0.6) is 0 Å². The van der Waals surface area contributed by atoms with Crippen LogP contribution in [0.25, 0.3) is 0 Å². The summed E-state index contributed by atoms with van der Waals surface area (Å²) in [6, 6.07) is 9.05. The van der Waals surface area contributed by atoms with Crippen LogP contribution in [-0.4, -0.2) is 25.3 Å². The second-order valence-electron chi connectivity index (χ2n) is 6.44. The van der Waals surface area contributed by atoms with Crippen LogP contribution in [0.2, 0.25) is 0 Å². The molecule has 1 fully saturated rings. The van der Waals surface area contributed by atoms with Gasteiger partial charge in [0.05, 0.1) is 23.8 Å². The Morgan fingerprint density at radius 3 is 2.65 bits per heavy atom. The smallest absolute Gasteiger partial charge is 0.315 e. The summed E-state index contributed by atoms with van der Waals surface area (Å²) >= 11 is 0. The summed E-state index contributed by atoms with van der Waals surface area (Å²) in [5.74, 6) is 0.843. The monoisotopic (exact) mass is 315 g/mol. The largest absolute Gasteiger partial charge is 0.378 e. The number of urea groups is 1. The fourth-order valence-corrected chi connectivity index (χ4v) is 3.01. The van der Waals surface area contributed by atoms with Crippen molar-refractivity contribution in [3.05, 3.63) is 35.4 Å². The molecular formula is C18H25N3O2. The first-order valence-electron chi connectivity index (χ1n) is 8.17. The van der Waals surface area contributed by atoms with Gasteiger partial charge in [-0.25, -0.2) is 4.79 Å². The lowest BCUT2D eigenvalue weighted by atomic mass is 9.93. The van der Waals surface area contributed by atoms with E-state index in [4.69, 9.17) is 10.00 Å². The third kappa shape index (κ3) is 4.70. The molecule has 0 aromatic heterocycles. The first-order valence-corrected chi connectivity index (χ1v) is 8.17. The van der Waals surface area contributed by atoms with E-state index in [1.165, 1.54) is 0 Å². The van der Waals surface area contributed by atoms with Crippen LogP contribution < -0.4 is 10.6 Å². The molecule has 0 unspecified atom stereocenters. The quantitative estimate of drug-likeness (QED) is 0.877. The minimum atomic E-state index is -0.170. The van der Waals surface area contributed by atoms with Crippen LogP contribution in [0, 0.1) is 23.2 Å². The minimum absolute atomic E-state index is 0.108. The minimum Gasteiger partial charge on any atom is -0.378 e. The molecule has 0 bridgehead atoms. The summed E-state index contributed by atoms with van der Waals surface area (Å²) in [4.78, 5) is 12.1. The van der Waals surface area contributed by atoms with Crippen molar-refractivity contribution >= 4 is 6.03 Å². The van der Waals surface area contributed by atoms with Crippen molar-refractivity contribution in [3.8, 4) is 6.07 Å². The Bertz CT molecular complexity index is 563. The van der Waals surface area contributed by atoms with Crippen molar-refractivity contribution in [2.45, 2.75) is 39.3 Å². The molecule has 5 nitrogen and oxygen atoms in total. The molecule has 5 heteroatoms. The van der Waals surface area contributed by atoms with Crippen LogP contribution in [0.1, 0.15) is 44.4 Å². The molecule has 1 aromatic rings. The zero-order chi connectivity index (χ0) is 16.8. The summed E-state index contributed by atoms with van der Waals surface area (Å²) in [5, 5.41) is 14.7. The normalized spacial score (nSPS) is 21.7. The lowest BCUT2D eigenvalue weighted by molar-refractivity contribution is 0.0545. The van der Waals surface area contributed by atoms with Gasteiger partial charge in [-0.2, -0.15) is 5.26 Å². The van der Waals surface area contributed by atoms with E-state index < -0.39 is 0 Å². The Balaban J connectivity index is 1.81. The number of hydrogen-bond acceptors (Lipinski definition) is 3. The van der Waals surface area contributed by atoms with E-state index in [0.29, 0.717) is 23.9 Å². The molecule has 1 heterocycles. The summed E-state index contributed by atoms with van der Waals surface area (Å²) in [6.45, 7) is 7.63. The maximum absolute atomic E-state index is 12.1. The van der Waals surface area contributed by atoms with E-state index in [9.17, 15) is 4.79 Å². The van der Waals surface area contributed by atoms with E-state index in [2.05, 4.69) is 30.6 Å². The van der Waals surface area contributed by atoms with E-state index in [0.717, 1.165) is 18.6 Å². The van der Waals surface area contributed by atoms with Gasteiger partial charge in [-0.15, -0.1) is 0 Å². The van der Waals surface area contributed by atoms with Crippen LogP contribution in [0.4, 0.5) is 4.79 Å². The molecule has 2 N–H and O–H groups in total. The van der Waals surface area contributed by atoms with Gasteiger partial charge in [0.15, 0.2) is 0 Å². The summed E-state index contributed by atoms with van der Waals surface area (Å²) in [5.41, 5.74) is 1.59. The van der Waals surface area contributed by atoms with Gasteiger partial charge >= 0.3 is 6.03 Å². The van der Waals surface area contributed by atoms with Crippen molar-refractivity contribution in [1.29, 1.82) is 5.26 Å². The highest BCUT2D eigenvalue weighted by molar-refractivity contribution is 5.74. The molecule has 1 aliphatic rings. The highest BCUT2D eigenvalue weighted by Gasteiger charge is 2.30. The number of amides is 2. The summed E-state index contributed by atoms with van der Waals surface area (Å²) in [6.07, 6.45) is 1.22. The predicted molar refractivity (Wildman–Crippen MR) is 88.8 cm³/mol. The van der Waals surface area contributed by atoms with E-state index in [1.807, 2.05) is 19.1 Å². The molecule has 1 aliphatic heterocycles. The maximum atomic E-state index is 12.1. The van der Waals surface area contributed by atoms with Crippen molar-refractivity contribution in [1.82, 2.24) is 10.6 Å². The number of nitrogens with zero attached hydrogens (tertiary/aromatic N) is 1. The average Bonchev–Trinajstić information content (AvgIpc) is 3.01. The Labute approximate surface area is 138 Å². The number of carbonyl (C=O) groups excluding carboxylic acids is 1. The molecule has 23 heavy (non-hydrogen) atoms. The van der Waals surface area contributed by atoms with Gasteiger partial charge in [0, 0.05) is 19.1 Å². The molecule has 1 aromatic carbocycles. The van der Waals surface area contributed by atoms with Gasteiger partial charge in [0.25, 0.3) is 0 Å². The molecule has 124 valence electrons. The lowest BCUT2D eigenvalue weighted by Gasteiger charge is -2.23. The van der Waals surface area contributed by atoms with Crippen molar-refractivity contribution in [2.75, 3.05) is 13.2 Å². The summed E-state index contributed by atoms with van der Waals surface area (Å²) < 4.78 is 5.73. The average molecular weight is 315 g/mol. The number of benzene rings is 1.